The third-order valence-corrected chi connectivity index (χ3v) is 6.98. The third-order valence-electron chi connectivity index (χ3n) is 5.32. The average molecular weight is 540 g/mol. The van der Waals surface area contributed by atoms with Crippen molar-refractivity contribution >= 4 is 49.8 Å². The van der Waals surface area contributed by atoms with Crippen molar-refractivity contribution < 1.29 is 75.5 Å². The van der Waals surface area contributed by atoms with E-state index in [9.17, 15) is 13.2 Å². The molecule has 0 aliphatic carbocycles. The number of sulfonamides is 1. The molecule has 2 N–H and O–H groups in total. The molecule has 0 unspecified atom stereocenters. The van der Waals surface area contributed by atoms with E-state index in [1.807, 2.05) is 24.3 Å². The van der Waals surface area contributed by atoms with Gasteiger partial charge in [0.05, 0.1) is 29.7 Å². The van der Waals surface area contributed by atoms with Gasteiger partial charge < -0.3 is 20.8 Å². The number of ether oxygens (including phenoxy) is 2. The Kier molecular flexibility index (Phi) is 8.92. The first-order valence-corrected chi connectivity index (χ1v) is 12.0. The molecule has 11 heteroatoms. The van der Waals surface area contributed by atoms with Crippen LogP contribution in [-0.4, -0.2) is 33.1 Å². The molecule has 1 heterocycles. The minimum Gasteiger partial charge on any atom is -1.00 e. The number of nitrogens with one attached hydrogen (secondary N) is 2. The van der Waals surface area contributed by atoms with Crippen LogP contribution in [0.25, 0.3) is 10.9 Å². The van der Waals surface area contributed by atoms with Gasteiger partial charge in [0.2, 0.25) is 0 Å². The maximum Gasteiger partial charge on any atom is 1.00 e. The molecule has 178 valence electrons. The number of hydrogen-bond donors (Lipinski definition) is 2. The fourth-order valence-corrected chi connectivity index (χ4v) is 4.85. The van der Waals surface area contributed by atoms with Gasteiger partial charge >= 0.3 is 51.4 Å². The molecule has 0 bridgehead atoms. The Morgan fingerprint density at radius 3 is 2.31 bits per heavy atom. The van der Waals surface area contributed by atoms with Crippen molar-refractivity contribution in [1.29, 1.82) is 0 Å². The van der Waals surface area contributed by atoms with E-state index in [1.165, 1.54) is 31.4 Å². The Morgan fingerprint density at radius 2 is 1.66 bits per heavy atom. The molecule has 35 heavy (non-hydrogen) atoms. The Hall–Kier alpha value is -2.05. The molecule has 8 nitrogen and oxygen atoms in total. The molecule has 0 aliphatic rings. The molecule has 0 spiro atoms. The number of carbonyl (C=O) groups excluding carboxylic acids is 1. The van der Waals surface area contributed by atoms with Crippen molar-refractivity contribution in [2.75, 3.05) is 19.5 Å². The van der Waals surface area contributed by atoms with Gasteiger partial charge in [0, 0.05) is 29.9 Å². The number of halogens is 1. The normalized spacial score (nSPS) is 11.0. The van der Waals surface area contributed by atoms with Crippen molar-refractivity contribution in [3.05, 3.63) is 77.4 Å². The van der Waals surface area contributed by atoms with Crippen LogP contribution >= 0.6 is 11.6 Å². The first kappa shape index (κ1) is 27.5. The largest absolute Gasteiger partial charge is 1.00 e. The fourth-order valence-electron chi connectivity index (χ4n) is 3.59. The number of rotatable bonds is 7. The summed E-state index contributed by atoms with van der Waals surface area (Å²) in [5, 5.41) is 4.38. The molecule has 0 saturated heterocycles. The molecule has 1 aromatic heterocycles. The molecule has 3 aromatic carbocycles. The molecule has 0 aliphatic heterocycles. The second-order valence-corrected chi connectivity index (χ2v) is 9.50. The van der Waals surface area contributed by atoms with Gasteiger partial charge in [-0.25, -0.2) is 13.1 Å². The van der Waals surface area contributed by atoms with Crippen LogP contribution in [0.5, 0.6) is 11.5 Å². The number of fused-ring (bicyclic) bond motifs is 1. The van der Waals surface area contributed by atoms with E-state index in [0.717, 1.165) is 5.69 Å². The van der Waals surface area contributed by atoms with Crippen LogP contribution in [-0.2, 0) is 17.1 Å². The van der Waals surface area contributed by atoms with Crippen LogP contribution in [0.1, 0.15) is 11.9 Å². The first-order valence-electron chi connectivity index (χ1n) is 10.1. The zero-order valence-electron chi connectivity index (χ0n) is 20.6. The minimum absolute atomic E-state index is 0. The number of nitrogens with zero attached hydrogens (tertiary/aromatic N) is 1. The minimum atomic E-state index is -4.09. The van der Waals surface area contributed by atoms with Gasteiger partial charge in [-0.2, -0.15) is 0 Å². The van der Waals surface area contributed by atoms with Gasteiger partial charge in [-0.1, -0.05) is 17.7 Å². The number of carbonyl (C=O) groups is 1. The SMILES string of the molecule is COc1ccc(S(=O)(=O)NC(=O)c2cc3c(Nc4cccc(OC)c4)ccc(Cl)c3n2C)cc1.[H-].[K+]. The number of hydrogen-bond acceptors (Lipinski definition) is 6. The van der Waals surface area contributed by atoms with Crippen molar-refractivity contribution in [3.8, 4) is 11.5 Å². The van der Waals surface area contributed by atoms with E-state index in [0.29, 0.717) is 33.1 Å². The summed E-state index contributed by atoms with van der Waals surface area (Å²) in [5.41, 5.74) is 2.19. The Morgan fingerprint density at radius 1 is 0.971 bits per heavy atom. The van der Waals surface area contributed by atoms with Gasteiger partial charge in [-0.15, -0.1) is 0 Å². The predicted molar refractivity (Wildman–Crippen MR) is 133 cm³/mol. The van der Waals surface area contributed by atoms with E-state index in [1.54, 1.807) is 36.9 Å². The second-order valence-electron chi connectivity index (χ2n) is 7.41. The second kappa shape index (κ2) is 11.3. The van der Waals surface area contributed by atoms with Crippen molar-refractivity contribution in [2.24, 2.45) is 7.05 Å². The van der Waals surface area contributed by atoms with E-state index in [-0.39, 0.29) is 63.4 Å². The van der Waals surface area contributed by atoms with Gasteiger partial charge in [0.1, 0.15) is 17.2 Å². The summed E-state index contributed by atoms with van der Waals surface area (Å²) in [7, 11) is 0.622. The predicted octanol–water partition coefficient (Wildman–Crippen LogP) is 1.83. The smallest absolute Gasteiger partial charge is 1.00 e. The Balaban J connectivity index is 0.00000228. The van der Waals surface area contributed by atoms with Crippen LogP contribution in [0.4, 0.5) is 11.4 Å². The van der Waals surface area contributed by atoms with E-state index in [4.69, 9.17) is 21.1 Å². The van der Waals surface area contributed by atoms with Crippen LogP contribution in [0.2, 0.25) is 5.02 Å². The summed E-state index contributed by atoms with van der Waals surface area (Å²) in [6.45, 7) is 0. The first-order chi connectivity index (χ1) is 16.2. The summed E-state index contributed by atoms with van der Waals surface area (Å²) in [4.78, 5) is 12.9. The Bertz CT molecular complexity index is 1490. The van der Waals surface area contributed by atoms with Crippen molar-refractivity contribution in [2.45, 2.75) is 4.90 Å². The number of benzene rings is 3. The summed E-state index contributed by atoms with van der Waals surface area (Å²) in [6.07, 6.45) is 0. The third kappa shape index (κ3) is 5.86. The van der Waals surface area contributed by atoms with Gasteiger partial charge in [0.25, 0.3) is 15.9 Å². The van der Waals surface area contributed by atoms with Crippen LogP contribution in [0.3, 0.4) is 0 Å². The zero-order chi connectivity index (χ0) is 24.5. The van der Waals surface area contributed by atoms with Crippen LogP contribution in [0, 0.1) is 0 Å². The molecular weight excluding hydrogens is 517 g/mol. The maximum atomic E-state index is 13.0. The van der Waals surface area contributed by atoms with Gasteiger partial charge in [0.15, 0.2) is 0 Å². The molecule has 1 amide bonds. The number of aryl methyl sites for hydroxylation is 1. The number of amides is 1. The standard InChI is InChI=1S/C24H22ClN3O5S.K.H/c1-28-22(24(29)27-34(30,31)18-9-7-16(32-2)8-10-18)14-19-21(12-11-20(25)23(19)28)26-15-5-4-6-17(13-15)33-3;;/h4-14,26H,1-3H3,(H,27,29);;/q;+1;-1. The summed E-state index contributed by atoms with van der Waals surface area (Å²) in [5.74, 6) is 0.412. The van der Waals surface area contributed by atoms with Gasteiger partial charge in [-0.3, -0.25) is 4.79 Å². The molecule has 4 rings (SSSR count). The molecule has 0 fully saturated rings. The monoisotopic (exact) mass is 539 g/mol. The van der Waals surface area contributed by atoms with E-state index >= 15 is 0 Å². The van der Waals surface area contributed by atoms with Crippen molar-refractivity contribution in [3.63, 3.8) is 0 Å². The maximum absolute atomic E-state index is 13.0. The number of methoxy groups -OCH3 is 2. The van der Waals surface area contributed by atoms with E-state index in [2.05, 4.69) is 10.0 Å². The number of anilines is 2. The topological polar surface area (TPSA) is 98.7 Å². The van der Waals surface area contributed by atoms with Crippen LogP contribution < -0.4 is 70.9 Å². The summed E-state index contributed by atoms with van der Waals surface area (Å²) in [6, 6.07) is 18.2. The number of aromatic nitrogens is 1. The molecule has 0 atom stereocenters. The average Bonchev–Trinajstić information content (AvgIpc) is 3.19. The zero-order valence-corrected chi connectivity index (χ0v) is 24.3. The summed E-state index contributed by atoms with van der Waals surface area (Å²) < 4.78 is 39.5. The van der Waals surface area contributed by atoms with Crippen LogP contribution in [0.15, 0.2) is 71.6 Å². The van der Waals surface area contributed by atoms with Crippen molar-refractivity contribution in [1.82, 2.24) is 9.29 Å². The molecular formula is C24H23ClKN3O5S. The fraction of sp³-hybridized carbons (Fsp3) is 0.125. The quantitative estimate of drug-likeness (QED) is 0.348. The van der Waals surface area contributed by atoms with Gasteiger partial charge in [-0.05, 0) is 54.6 Å². The molecule has 0 saturated carbocycles. The molecule has 4 aromatic rings. The van der Waals surface area contributed by atoms with E-state index < -0.39 is 15.9 Å². The molecule has 0 radical (unpaired) electrons. The Labute approximate surface area is 252 Å². The summed E-state index contributed by atoms with van der Waals surface area (Å²) >= 11 is 6.43.